The molecule has 2 amide bonds. The Morgan fingerprint density at radius 1 is 1.28 bits per heavy atom. The number of rotatable bonds is 5. The van der Waals surface area contributed by atoms with Gasteiger partial charge in [0.25, 0.3) is 0 Å². The summed E-state index contributed by atoms with van der Waals surface area (Å²) in [4.78, 5) is 36.7. The molecule has 0 aliphatic carbocycles. The molecule has 0 saturated carbocycles. The highest BCUT2D eigenvalue weighted by Gasteiger charge is 2.34. The maximum atomic E-state index is 12.4. The van der Waals surface area contributed by atoms with Crippen LogP contribution in [0.1, 0.15) is 12.2 Å². The normalized spacial score (nSPS) is 16.8. The van der Waals surface area contributed by atoms with Crippen LogP contribution in [0.4, 0.5) is 11.5 Å². The molecule has 1 aromatic heterocycles. The monoisotopic (exact) mass is 339 g/mol. The van der Waals surface area contributed by atoms with E-state index in [9.17, 15) is 9.59 Å². The highest BCUT2D eigenvalue weighted by molar-refractivity contribution is 6.00. The molecule has 7 nitrogen and oxygen atoms in total. The van der Waals surface area contributed by atoms with Gasteiger partial charge in [-0.25, -0.2) is 9.97 Å². The Labute approximate surface area is 146 Å². The van der Waals surface area contributed by atoms with Gasteiger partial charge < -0.3 is 15.1 Å². The Balaban J connectivity index is 1.59. The van der Waals surface area contributed by atoms with Crippen LogP contribution in [-0.2, 0) is 16.1 Å². The standard InChI is InChI=1S/C18H21N5O2/c1-22(2)16-8-9-19-15(21-16)11-20-18(25)13-10-17(24)23(12-13)14-6-4-3-5-7-14/h3-9,13H,10-12H2,1-2H3,(H,20,25). The highest BCUT2D eigenvalue weighted by Crippen LogP contribution is 2.24. The van der Waals surface area contributed by atoms with E-state index in [1.807, 2.05) is 49.3 Å². The summed E-state index contributed by atoms with van der Waals surface area (Å²) < 4.78 is 0. The fourth-order valence-corrected chi connectivity index (χ4v) is 2.77. The first kappa shape index (κ1) is 16.9. The number of amides is 2. The fourth-order valence-electron chi connectivity index (χ4n) is 2.77. The summed E-state index contributed by atoms with van der Waals surface area (Å²) in [6.45, 7) is 0.643. The number of hydrogen-bond acceptors (Lipinski definition) is 5. The largest absolute Gasteiger partial charge is 0.363 e. The van der Waals surface area contributed by atoms with E-state index in [0.717, 1.165) is 11.5 Å². The fraction of sp³-hybridized carbons (Fsp3) is 0.333. The number of para-hydroxylation sites is 1. The third kappa shape index (κ3) is 3.93. The van der Waals surface area contributed by atoms with Gasteiger partial charge >= 0.3 is 0 Å². The molecule has 7 heteroatoms. The molecule has 1 saturated heterocycles. The van der Waals surface area contributed by atoms with Crippen LogP contribution in [0.3, 0.4) is 0 Å². The van der Waals surface area contributed by atoms with Gasteiger partial charge in [-0.2, -0.15) is 0 Å². The van der Waals surface area contributed by atoms with Crippen LogP contribution in [-0.4, -0.2) is 42.4 Å². The third-order valence-corrected chi connectivity index (χ3v) is 4.13. The molecule has 1 aliphatic rings. The summed E-state index contributed by atoms with van der Waals surface area (Å²) in [5.41, 5.74) is 0.824. The van der Waals surface area contributed by atoms with Crippen molar-refractivity contribution in [3.8, 4) is 0 Å². The Morgan fingerprint density at radius 2 is 2.04 bits per heavy atom. The first-order valence-corrected chi connectivity index (χ1v) is 8.17. The Morgan fingerprint density at radius 3 is 2.76 bits per heavy atom. The van der Waals surface area contributed by atoms with Crippen molar-refractivity contribution in [1.82, 2.24) is 15.3 Å². The molecule has 0 radical (unpaired) electrons. The lowest BCUT2D eigenvalue weighted by atomic mass is 10.1. The number of anilines is 2. The number of benzene rings is 1. The summed E-state index contributed by atoms with van der Waals surface area (Å²) in [6, 6.07) is 11.2. The van der Waals surface area contributed by atoms with E-state index in [2.05, 4.69) is 15.3 Å². The van der Waals surface area contributed by atoms with Crippen LogP contribution < -0.4 is 15.1 Å². The second kappa shape index (κ2) is 7.29. The van der Waals surface area contributed by atoms with Gasteiger partial charge in [0, 0.05) is 38.9 Å². The lowest BCUT2D eigenvalue weighted by Gasteiger charge is -2.16. The average Bonchev–Trinajstić information content (AvgIpc) is 3.02. The van der Waals surface area contributed by atoms with Crippen molar-refractivity contribution in [2.24, 2.45) is 5.92 Å². The van der Waals surface area contributed by atoms with Gasteiger partial charge in [0.2, 0.25) is 11.8 Å². The van der Waals surface area contributed by atoms with E-state index in [0.29, 0.717) is 12.4 Å². The van der Waals surface area contributed by atoms with E-state index in [1.54, 1.807) is 17.2 Å². The molecule has 1 unspecified atom stereocenters. The quantitative estimate of drug-likeness (QED) is 0.886. The molecule has 3 rings (SSSR count). The molecule has 1 N–H and O–H groups in total. The van der Waals surface area contributed by atoms with Gasteiger partial charge in [-0.05, 0) is 18.2 Å². The van der Waals surface area contributed by atoms with Crippen molar-refractivity contribution in [2.75, 3.05) is 30.4 Å². The van der Waals surface area contributed by atoms with Gasteiger partial charge in [-0.1, -0.05) is 18.2 Å². The number of carbonyl (C=O) groups is 2. The van der Waals surface area contributed by atoms with Gasteiger partial charge in [-0.15, -0.1) is 0 Å². The summed E-state index contributed by atoms with van der Waals surface area (Å²) >= 11 is 0. The zero-order chi connectivity index (χ0) is 17.8. The summed E-state index contributed by atoms with van der Waals surface area (Å²) in [5.74, 6) is 0.793. The highest BCUT2D eigenvalue weighted by atomic mass is 16.2. The minimum atomic E-state index is -0.357. The van der Waals surface area contributed by atoms with E-state index < -0.39 is 0 Å². The van der Waals surface area contributed by atoms with Crippen molar-refractivity contribution >= 4 is 23.3 Å². The van der Waals surface area contributed by atoms with Crippen molar-refractivity contribution in [3.05, 3.63) is 48.4 Å². The molecule has 1 fully saturated rings. The second-order valence-corrected chi connectivity index (χ2v) is 6.18. The number of nitrogens with one attached hydrogen (secondary N) is 1. The Kier molecular flexibility index (Phi) is 4.92. The Bertz CT molecular complexity index is 763. The lowest BCUT2D eigenvalue weighted by molar-refractivity contribution is -0.126. The predicted molar refractivity (Wildman–Crippen MR) is 95.1 cm³/mol. The summed E-state index contributed by atoms with van der Waals surface area (Å²) in [5, 5.41) is 2.84. The number of carbonyl (C=O) groups excluding carboxylic acids is 2. The molecular formula is C18H21N5O2. The second-order valence-electron chi connectivity index (χ2n) is 6.18. The van der Waals surface area contributed by atoms with E-state index in [4.69, 9.17) is 0 Å². The van der Waals surface area contributed by atoms with Gasteiger partial charge in [-0.3, -0.25) is 9.59 Å². The van der Waals surface area contributed by atoms with Crippen LogP contribution in [0, 0.1) is 5.92 Å². The minimum absolute atomic E-state index is 0.0304. The lowest BCUT2D eigenvalue weighted by Crippen LogP contribution is -2.33. The van der Waals surface area contributed by atoms with Crippen molar-refractivity contribution in [1.29, 1.82) is 0 Å². The van der Waals surface area contributed by atoms with Gasteiger partial charge in [0.1, 0.15) is 11.6 Å². The molecule has 1 aliphatic heterocycles. The van der Waals surface area contributed by atoms with E-state index >= 15 is 0 Å². The molecule has 2 heterocycles. The topological polar surface area (TPSA) is 78.4 Å². The number of nitrogens with zero attached hydrogens (tertiary/aromatic N) is 4. The maximum absolute atomic E-state index is 12.4. The van der Waals surface area contributed by atoms with Gasteiger partial charge in [0.15, 0.2) is 0 Å². The van der Waals surface area contributed by atoms with Crippen LogP contribution >= 0.6 is 0 Å². The molecule has 1 aromatic carbocycles. The smallest absolute Gasteiger partial charge is 0.227 e. The zero-order valence-electron chi connectivity index (χ0n) is 14.3. The van der Waals surface area contributed by atoms with E-state index in [-0.39, 0.29) is 30.7 Å². The number of aromatic nitrogens is 2. The molecule has 25 heavy (non-hydrogen) atoms. The molecule has 0 spiro atoms. The van der Waals surface area contributed by atoms with Crippen LogP contribution in [0.5, 0.6) is 0 Å². The number of hydrogen-bond donors (Lipinski definition) is 1. The minimum Gasteiger partial charge on any atom is -0.363 e. The summed E-state index contributed by atoms with van der Waals surface area (Å²) in [7, 11) is 3.79. The average molecular weight is 339 g/mol. The zero-order valence-corrected chi connectivity index (χ0v) is 14.3. The van der Waals surface area contributed by atoms with Crippen LogP contribution in [0.15, 0.2) is 42.6 Å². The van der Waals surface area contributed by atoms with Crippen molar-refractivity contribution in [3.63, 3.8) is 0 Å². The molecule has 2 aromatic rings. The first-order valence-electron chi connectivity index (χ1n) is 8.17. The first-order chi connectivity index (χ1) is 12.0. The van der Waals surface area contributed by atoms with Crippen molar-refractivity contribution in [2.45, 2.75) is 13.0 Å². The van der Waals surface area contributed by atoms with Crippen LogP contribution in [0.2, 0.25) is 0 Å². The SMILES string of the molecule is CN(C)c1ccnc(CNC(=O)C2CC(=O)N(c3ccccc3)C2)n1. The summed E-state index contributed by atoms with van der Waals surface area (Å²) in [6.07, 6.45) is 1.89. The van der Waals surface area contributed by atoms with Crippen molar-refractivity contribution < 1.29 is 9.59 Å². The molecule has 130 valence electrons. The predicted octanol–water partition coefficient (Wildman–Crippen LogP) is 1.21. The molecular weight excluding hydrogens is 318 g/mol. The van der Waals surface area contributed by atoms with Crippen LogP contribution in [0.25, 0.3) is 0 Å². The maximum Gasteiger partial charge on any atom is 0.227 e. The molecule has 0 bridgehead atoms. The molecule has 1 atom stereocenters. The van der Waals surface area contributed by atoms with E-state index in [1.165, 1.54) is 0 Å². The Hall–Kier alpha value is -2.96. The van der Waals surface area contributed by atoms with Gasteiger partial charge in [0.05, 0.1) is 12.5 Å². The third-order valence-electron chi connectivity index (χ3n) is 4.13.